The van der Waals surface area contributed by atoms with E-state index in [9.17, 15) is 0 Å². The molecule has 0 aromatic carbocycles. The molecule has 1 saturated heterocycles. The monoisotopic (exact) mass is 225 g/mol. The highest BCUT2D eigenvalue weighted by molar-refractivity contribution is 5.33. The number of nitrogens with zero attached hydrogens (tertiary/aromatic N) is 2. The van der Waals surface area contributed by atoms with E-state index in [4.69, 9.17) is 15.2 Å². The first kappa shape index (κ1) is 11.4. The van der Waals surface area contributed by atoms with E-state index >= 15 is 0 Å². The van der Waals surface area contributed by atoms with Crippen molar-refractivity contribution in [1.82, 2.24) is 9.78 Å². The fraction of sp³-hybridized carbons (Fsp3) is 0.727. The Bertz CT molecular complexity index is 376. The Balaban J connectivity index is 2.31. The maximum atomic E-state index is 5.96. The second kappa shape index (κ2) is 4.43. The smallest absolute Gasteiger partial charge is 0.217 e. The van der Waals surface area contributed by atoms with E-state index in [0.717, 1.165) is 30.0 Å². The van der Waals surface area contributed by atoms with Gasteiger partial charge in [0.2, 0.25) is 5.88 Å². The maximum Gasteiger partial charge on any atom is 0.217 e. The van der Waals surface area contributed by atoms with Gasteiger partial charge in [-0.25, -0.2) is 4.68 Å². The molecule has 0 radical (unpaired) electrons. The van der Waals surface area contributed by atoms with Crippen molar-refractivity contribution in [3.05, 3.63) is 11.3 Å². The molecule has 0 bridgehead atoms. The molecule has 0 spiro atoms. The van der Waals surface area contributed by atoms with Crippen molar-refractivity contribution in [3.8, 4) is 5.88 Å². The van der Waals surface area contributed by atoms with Crippen LogP contribution in [0, 0.1) is 6.92 Å². The van der Waals surface area contributed by atoms with E-state index < -0.39 is 0 Å². The first-order chi connectivity index (χ1) is 7.63. The molecule has 16 heavy (non-hydrogen) atoms. The number of hydrogen-bond acceptors (Lipinski definition) is 4. The highest BCUT2D eigenvalue weighted by Crippen LogP contribution is 2.35. The van der Waals surface area contributed by atoms with Gasteiger partial charge in [-0.1, -0.05) is 0 Å². The van der Waals surface area contributed by atoms with Crippen LogP contribution >= 0.6 is 0 Å². The molecule has 1 aliphatic rings. The summed E-state index contributed by atoms with van der Waals surface area (Å²) in [6.45, 7) is 2.69. The third kappa shape index (κ3) is 1.92. The number of aromatic nitrogens is 2. The number of methoxy groups -OCH3 is 1. The van der Waals surface area contributed by atoms with Crippen LogP contribution in [-0.4, -0.2) is 29.5 Å². The summed E-state index contributed by atoms with van der Waals surface area (Å²) in [4.78, 5) is 0. The lowest BCUT2D eigenvalue weighted by molar-refractivity contribution is 0.00493. The summed E-state index contributed by atoms with van der Waals surface area (Å²) in [6.07, 6.45) is 1.79. The van der Waals surface area contributed by atoms with Gasteiger partial charge in [0, 0.05) is 19.7 Å². The van der Waals surface area contributed by atoms with Crippen LogP contribution in [0.2, 0.25) is 0 Å². The molecule has 0 amide bonds. The molecule has 90 valence electrons. The van der Waals surface area contributed by atoms with Gasteiger partial charge in [-0.3, -0.25) is 0 Å². The quantitative estimate of drug-likeness (QED) is 0.813. The molecule has 2 heterocycles. The molecule has 2 N–H and O–H groups in total. The molecule has 0 saturated carbocycles. The second-order valence-corrected chi connectivity index (χ2v) is 4.28. The van der Waals surface area contributed by atoms with E-state index in [2.05, 4.69) is 5.10 Å². The highest BCUT2D eigenvalue weighted by Gasteiger charge is 2.28. The lowest BCUT2D eigenvalue weighted by Crippen LogP contribution is -2.30. The first-order valence-electron chi connectivity index (χ1n) is 5.58. The minimum absolute atomic E-state index is 0.0207. The average Bonchev–Trinajstić information content (AvgIpc) is 2.52. The molecule has 2 rings (SSSR count). The van der Waals surface area contributed by atoms with Gasteiger partial charge in [-0.15, -0.1) is 0 Å². The Morgan fingerprint density at radius 3 is 2.94 bits per heavy atom. The van der Waals surface area contributed by atoms with Crippen LogP contribution in [0.1, 0.15) is 30.2 Å². The lowest BCUT2D eigenvalue weighted by atomic mass is 9.98. The van der Waals surface area contributed by atoms with Crippen molar-refractivity contribution in [2.45, 2.75) is 31.9 Å². The minimum Gasteiger partial charge on any atom is -0.481 e. The third-order valence-electron chi connectivity index (χ3n) is 3.05. The van der Waals surface area contributed by atoms with Crippen LogP contribution in [0.3, 0.4) is 0 Å². The summed E-state index contributed by atoms with van der Waals surface area (Å²) in [5, 5.41) is 4.35. The SMILES string of the molecule is COc1c(C2CC(N)CCO2)c(C)nn1C. The number of hydrogen-bond donors (Lipinski definition) is 1. The molecule has 1 aromatic heterocycles. The van der Waals surface area contributed by atoms with Crippen LogP contribution < -0.4 is 10.5 Å². The largest absolute Gasteiger partial charge is 0.481 e. The third-order valence-corrected chi connectivity index (χ3v) is 3.05. The number of aryl methyl sites for hydroxylation is 2. The van der Waals surface area contributed by atoms with Crippen molar-refractivity contribution >= 4 is 0 Å². The van der Waals surface area contributed by atoms with Crippen molar-refractivity contribution < 1.29 is 9.47 Å². The number of nitrogens with two attached hydrogens (primary N) is 1. The Morgan fingerprint density at radius 1 is 1.56 bits per heavy atom. The van der Waals surface area contributed by atoms with Gasteiger partial charge in [-0.05, 0) is 19.8 Å². The van der Waals surface area contributed by atoms with Crippen LogP contribution in [0.5, 0.6) is 5.88 Å². The van der Waals surface area contributed by atoms with Gasteiger partial charge < -0.3 is 15.2 Å². The molecule has 1 fully saturated rings. The van der Waals surface area contributed by atoms with Crippen LogP contribution in [0.25, 0.3) is 0 Å². The summed E-state index contributed by atoms with van der Waals surface area (Å²) >= 11 is 0. The predicted octanol–water partition coefficient (Wildman–Crippen LogP) is 0.916. The Labute approximate surface area is 95.5 Å². The molecule has 5 heteroatoms. The predicted molar refractivity (Wildman–Crippen MR) is 60.4 cm³/mol. The Morgan fingerprint density at radius 2 is 2.31 bits per heavy atom. The fourth-order valence-corrected chi connectivity index (χ4v) is 2.29. The van der Waals surface area contributed by atoms with E-state index in [1.807, 2.05) is 14.0 Å². The van der Waals surface area contributed by atoms with Gasteiger partial charge in [0.25, 0.3) is 0 Å². The molecular weight excluding hydrogens is 206 g/mol. The first-order valence-corrected chi connectivity index (χ1v) is 5.58. The Kier molecular flexibility index (Phi) is 3.16. The van der Waals surface area contributed by atoms with Gasteiger partial charge in [-0.2, -0.15) is 5.10 Å². The molecular formula is C11H19N3O2. The van der Waals surface area contributed by atoms with Crippen molar-refractivity contribution in [3.63, 3.8) is 0 Å². The molecule has 1 aromatic rings. The maximum absolute atomic E-state index is 5.96. The zero-order valence-electron chi connectivity index (χ0n) is 10.1. The van der Waals surface area contributed by atoms with Crippen LogP contribution in [0.15, 0.2) is 0 Å². The molecule has 5 nitrogen and oxygen atoms in total. The lowest BCUT2D eigenvalue weighted by Gasteiger charge is -2.27. The van der Waals surface area contributed by atoms with Crippen LogP contribution in [0.4, 0.5) is 0 Å². The van der Waals surface area contributed by atoms with Crippen molar-refractivity contribution in [2.24, 2.45) is 12.8 Å². The number of rotatable bonds is 2. The van der Waals surface area contributed by atoms with Crippen molar-refractivity contribution in [1.29, 1.82) is 0 Å². The topological polar surface area (TPSA) is 62.3 Å². The molecule has 1 aliphatic heterocycles. The summed E-state index contributed by atoms with van der Waals surface area (Å²) in [6, 6.07) is 0.211. The number of ether oxygens (including phenoxy) is 2. The van der Waals surface area contributed by atoms with Gasteiger partial charge >= 0.3 is 0 Å². The zero-order valence-corrected chi connectivity index (χ0v) is 10.1. The second-order valence-electron chi connectivity index (χ2n) is 4.28. The van der Waals surface area contributed by atoms with Crippen LogP contribution in [-0.2, 0) is 11.8 Å². The van der Waals surface area contributed by atoms with E-state index in [-0.39, 0.29) is 12.1 Å². The van der Waals surface area contributed by atoms with Gasteiger partial charge in [0.05, 0.1) is 24.5 Å². The normalized spacial score (nSPS) is 25.8. The van der Waals surface area contributed by atoms with E-state index in [0.29, 0.717) is 6.61 Å². The molecule has 2 atom stereocenters. The average molecular weight is 225 g/mol. The Hall–Kier alpha value is -1.07. The summed E-state index contributed by atoms with van der Waals surface area (Å²) in [7, 11) is 3.53. The standard InChI is InChI=1S/C11H19N3O2/c1-7-10(11(15-3)14(2)13-7)9-6-8(12)4-5-16-9/h8-9H,4-6,12H2,1-3H3. The summed E-state index contributed by atoms with van der Waals surface area (Å²) in [5.74, 6) is 0.775. The minimum atomic E-state index is 0.0207. The van der Waals surface area contributed by atoms with E-state index in [1.165, 1.54) is 0 Å². The molecule has 2 unspecified atom stereocenters. The fourth-order valence-electron chi connectivity index (χ4n) is 2.29. The van der Waals surface area contributed by atoms with Gasteiger partial charge in [0.1, 0.15) is 0 Å². The molecule has 0 aliphatic carbocycles. The summed E-state index contributed by atoms with van der Waals surface area (Å²) < 4.78 is 12.9. The summed E-state index contributed by atoms with van der Waals surface area (Å²) in [5.41, 5.74) is 7.96. The zero-order chi connectivity index (χ0) is 11.7. The highest BCUT2D eigenvalue weighted by atomic mass is 16.5. The van der Waals surface area contributed by atoms with E-state index in [1.54, 1.807) is 11.8 Å². The van der Waals surface area contributed by atoms with Gasteiger partial charge in [0.15, 0.2) is 0 Å². The van der Waals surface area contributed by atoms with Crippen molar-refractivity contribution in [2.75, 3.05) is 13.7 Å².